The van der Waals surface area contributed by atoms with Gasteiger partial charge in [0.2, 0.25) is 11.8 Å². The van der Waals surface area contributed by atoms with Crippen LogP contribution in [0.3, 0.4) is 0 Å². The third kappa shape index (κ3) is 3.84. The predicted octanol–water partition coefficient (Wildman–Crippen LogP) is 3.03. The fraction of sp³-hybridized carbons (Fsp3) is 0.286. The average Bonchev–Trinajstić information content (AvgIpc) is 2.33. The first kappa shape index (κ1) is 13.1. The van der Waals surface area contributed by atoms with Crippen molar-refractivity contribution in [3.05, 3.63) is 36.7 Å². The standard InChI is InChI=1S/C14H17N3O2/c1-14(2,3)19-13-11(15)6-7-12(17-13)18-10-5-4-8-16-9-10/h4-9H,15H2,1-3H3. The van der Waals surface area contributed by atoms with E-state index >= 15 is 0 Å². The average molecular weight is 259 g/mol. The molecule has 0 unspecified atom stereocenters. The van der Waals surface area contributed by atoms with Gasteiger partial charge in [-0.1, -0.05) is 0 Å². The number of hydrogen-bond donors (Lipinski definition) is 1. The maximum atomic E-state index is 5.83. The summed E-state index contributed by atoms with van der Waals surface area (Å²) in [5.74, 6) is 1.40. The molecule has 0 aliphatic carbocycles. The number of rotatable bonds is 3. The smallest absolute Gasteiger partial charge is 0.241 e. The third-order valence-corrected chi connectivity index (χ3v) is 2.12. The quantitative estimate of drug-likeness (QED) is 0.917. The molecule has 19 heavy (non-hydrogen) atoms. The zero-order valence-electron chi connectivity index (χ0n) is 11.3. The number of pyridine rings is 2. The molecule has 0 aliphatic rings. The van der Waals surface area contributed by atoms with Crippen molar-refractivity contribution in [1.82, 2.24) is 9.97 Å². The summed E-state index contributed by atoms with van der Waals surface area (Å²) >= 11 is 0. The van der Waals surface area contributed by atoms with Crippen LogP contribution in [0.1, 0.15) is 20.8 Å². The van der Waals surface area contributed by atoms with E-state index in [4.69, 9.17) is 15.2 Å². The molecule has 2 N–H and O–H groups in total. The van der Waals surface area contributed by atoms with Gasteiger partial charge >= 0.3 is 0 Å². The first-order valence-electron chi connectivity index (χ1n) is 5.97. The largest absolute Gasteiger partial charge is 0.470 e. The molecule has 2 rings (SSSR count). The highest BCUT2D eigenvalue weighted by molar-refractivity contribution is 5.49. The van der Waals surface area contributed by atoms with E-state index in [1.54, 1.807) is 36.7 Å². The van der Waals surface area contributed by atoms with Gasteiger partial charge in [0.1, 0.15) is 11.4 Å². The molecule has 2 heterocycles. The number of aromatic nitrogens is 2. The van der Waals surface area contributed by atoms with Crippen molar-refractivity contribution < 1.29 is 9.47 Å². The van der Waals surface area contributed by atoms with Crippen molar-refractivity contribution in [3.8, 4) is 17.5 Å². The summed E-state index contributed by atoms with van der Waals surface area (Å²) in [6.45, 7) is 5.80. The second-order valence-corrected chi connectivity index (χ2v) is 5.05. The Morgan fingerprint density at radius 2 is 1.95 bits per heavy atom. The molecule has 0 spiro atoms. The maximum absolute atomic E-state index is 5.83. The van der Waals surface area contributed by atoms with Gasteiger partial charge in [0, 0.05) is 12.3 Å². The summed E-state index contributed by atoms with van der Waals surface area (Å²) < 4.78 is 11.3. The summed E-state index contributed by atoms with van der Waals surface area (Å²) in [5.41, 5.74) is 5.95. The van der Waals surface area contributed by atoms with E-state index in [2.05, 4.69) is 9.97 Å². The molecule has 2 aromatic rings. The zero-order valence-corrected chi connectivity index (χ0v) is 11.3. The van der Waals surface area contributed by atoms with Crippen LogP contribution in [0.25, 0.3) is 0 Å². The van der Waals surface area contributed by atoms with Gasteiger partial charge in [-0.05, 0) is 39.0 Å². The second-order valence-electron chi connectivity index (χ2n) is 5.05. The molecule has 0 saturated heterocycles. The summed E-state index contributed by atoms with van der Waals surface area (Å²) in [6.07, 6.45) is 3.29. The minimum Gasteiger partial charge on any atom is -0.470 e. The fourth-order valence-electron chi connectivity index (χ4n) is 1.39. The first-order chi connectivity index (χ1) is 8.94. The summed E-state index contributed by atoms with van der Waals surface area (Å²) in [4.78, 5) is 8.23. The Bertz CT molecular complexity index is 550. The zero-order chi connectivity index (χ0) is 13.9. The van der Waals surface area contributed by atoms with Crippen molar-refractivity contribution in [2.75, 3.05) is 5.73 Å². The van der Waals surface area contributed by atoms with Crippen LogP contribution >= 0.6 is 0 Å². The highest BCUT2D eigenvalue weighted by atomic mass is 16.5. The molecule has 0 fully saturated rings. The number of anilines is 1. The number of nitrogen functional groups attached to an aromatic ring is 1. The summed E-state index contributed by atoms with van der Waals surface area (Å²) in [5, 5.41) is 0. The van der Waals surface area contributed by atoms with Gasteiger partial charge in [0.15, 0.2) is 0 Å². The lowest BCUT2D eigenvalue weighted by Gasteiger charge is -2.21. The highest BCUT2D eigenvalue weighted by Gasteiger charge is 2.16. The Hall–Kier alpha value is -2.30. The Morgan fingerprint density at radius 1 is 1.16 bits per heavy atom. The van der Waals surface area contributed by atoms with Crippen molar-refractivity contribution in [3.63, 3.8) is 0 Å². The lowest BCUT2D eigenvalue weighted by Crippen LogP contribution is -2.24. The van der Waals surface area contributed by atoms with Crippen molar-refractivity contribution >= 4 is 5.69 Å². The van der Waals surface area contributed by atoms with Gasteiger partial charge in [0.05, 0.1) is 11.9 Å². The van der Waals surface area contributed by atoms with E-state index in [1.807, 2.05) is 20.8 Å². The minimum atomic E-state index is -0.367. The third-order valence-electron chi connectivity index (χ3n) is 2.12. The van der Waals surface area contributed by atoms with E-state index in [0.717, 1.165) is 0 Å². The lowest BCUT2D eigenvalue weighted by molar-refractivity contribution is 0.124. The van der Waals surface area contributed by atoms with Crippen LogP contribution in [0.15, 0.2) is 36.7 Å². The Balaban J connectivity index is 2.21. The van der Waals surface area contributed by atoms with Crippen LogP contribution < -0.4 is 15.2 Å². The van der Waals surface area contributed by atoms with Gasteiger partial charge < -0.3 is 15.2 Å². The molecular weight excluding hydrogens is 242 g/mol. The maximum Gasteiger partial charge on any atom is 0.241 e. The second kappa shape index (κ2) is 5.14. The van der Waals surface area contributed by atoms with Crippen LogP contribution in [0.2, 0.25) is 0 Å². The minimum absolute atomic E-state index is 0.367. The van der Waals surface area contributed by atoms with Gasteiger partial charge in [0.25, 0.3) is 0 Å². The van der Waals surface area contributed by atoms with Crippen LogP contribution in [0.4, 0.5) is 5.69 Å². The number of nitrogens with two attached hydrogens (primary N) is 1. The molecule has 2 aromatic heterocycles. The van der Waals surface area contributed by atoms with E-state index in [-0.39, 0.29) is 5.60 Å². The predicted molar refractivity (Wildman–Crippen MR) is 73.3 cm³/mol. The molecule has 0 amide bonds. The number of nitrogens with zero attached hydrogens (tertiary/aromatic N) is 2. The first-order valence-corrected chi connectivity index (χ1v) is 5.97. The molecule has 0 aromatic carbocycles. The Kier molecular flexibility index (Phi) is 3.55. The molecule has 5 heteroatoms. The Morgan fingerprint density at radius 3 is 2.58 bits per heavy atom. The molecule has 100 valence electrons. The summed E-state index contributed by atoms with van der Waals surface area (Å²) in [6, 6.07) is 6.99. The number of ether oxygens (including phenoxy) is 2. The Labute approximate surface area is 112 Å². The van der Waals surface area contributed by atoms with Gasteiger partial charge in [-0.3, -0.25) is 4.98 Å². The molecule has 5 nitrogen and oxygen atoms in total. The highest BCUT2D eigenvalue weighted by Crippen LogP contribution is 2.27. The van der Waals surface area contributed by atoms with E-state index in [0.29, 0.717) is 23.2 Å². The van der Waals surface area contributed by atoms with Crippen molar-refractivity contribution in [1.29, 1.82) is 0 Å². The normalized spacial score (nSPS) is 11.1. The van der Waals surface area contributed by atoms with E-state index in [1.165, 1.54) is 0 Å². The van der Waals surface area contributed by atoms with E-state index in [9.17, 15) is 0 Å². The monoisotopic (exact) mass is 259 g/mol. The molecule has 0 saturated carbocycles. The molecule has 0 radical (unpaired) electrons. The van der Waals surface area contributed by atoms with Crippen LogP contribution in [0.5, 0.6) is 17.5 Å². The molecular formula is C14H17N3O2. The number of hydrogen-bond acceptors (Lipinski definition) is 5. The molecule has 0 bridgehead atoms. The summed E-state index contributed by atoms with van der Waals surface area (Å²) in [7, 11) is 0. The van der Waals surface area contributed by atoms with Gasteiger partial charge in [-0.15, -0.1) is 0 Å². The fourth-order valence-corrected chi connectivity index (χ4v) is 1.39. The van der Waals surface area contributed by atoms with Gasteiger partial charge in [-0.25, -0.2) is 0 Å². The topological polar surface area (TPSA) is 70.3 Å². The lowest BCUT2D eigenvalue weighted by atomic mass is 10.2. The molecule has 0 atom stereocenters. The van der Waals surface area contributed by atoms with Crippen LogP contribution in [-0.2, 0) is 0 Å². The molecule has 0 aliphatic heterocycles. The van der Waals surface area contributed by atoms with Crippen LogP contribution in [0, 0.1) is 0 Å². The van der Waals surface area contributed by atoms with Crippen molar-refractivity contribution in [2.24, 2.45) is 0 Å². The van der Waals surface area contributed by atoms with Crippen molar-refractivity contribution in [2.45, 2.75) is 26.4 Å². The SMILES string of the molecule is CC(C)(C)Oc1nc(Oc2cccnc2)ccc1N. The van der Waals surface area contributed by atoms with Crippen LogP contribution in [-0.4, -0.2) is 15.6 Å². The van der Waals surface area contributed by atoms with Gasteiger partial charge in [-0.2, -0.15) is 4.98 Å². The van der Waals surface area contributed by atoms with E-state index < -0.39 is 0 Å².